The van der Waals surface area contributed by atoms with Gasteiger partial charge in [0.05, 0.1) is 19.4 Å². The van der Waals surface area contributed by atoms with E-state index in [2.05, 4.69) is 71.3 Å². The lowest BCUT2D eigenvalue weighted by atomic mass is 10.1. The van der Waals surface area contributed by atoms with Crippen molar-refractivity contribution in [1.29, 1.82) is 0 Å². The van der Waals surface area contributed by atoms with Gasteiger partial charge in [0.2, 0.25) is 0 Å². The zero-order chi connectivity index (χ0) is 21.2. The molecule has 0 aliphatic heterocycles. The van der Waals surface area contributed by atoms with Gasteiger partial charge in [-0.3, -0.25) is 0 Å². The molecule has 0 aliphatic carbocycles. The summed E-state index contributed by atoms with van der Waals surface area (Å²) in [6.45, 7) is 9.11. The predicted octanol–water partition coefficient (Wildman–Crippen LogP) is 4.38. The third kappa shape index (κ3) is 8.61. The minimum absolute atomic E-state index is 0. The number of nitrogens with one attached hydrogen (secondary N) is 2. The molecule has 0 saturated carbocycles. The Bertz CT molecular complexity index is 925. The molecule has 1 heterocycles. The van der Waals surface area contributed by atoms with E-state index in [-0.39, 0.29) is 30.1 Å². The zero-order valence-corrected chi connectivity index (χ0v) is 20.7. The Hall–Kier alpha value is -2.55. The van der Waals surface area contributed by atoms with Crippen molar-refractivity contribution in [2.45, 2.75) is 40.0 Å². The summed E-state index contributed by atoms with van der Waals surface area (Å²) in [6, 6.07) is 16.6. The molecule has 3 rings (SSSR count). The molecular formula is C24H32IN5O. The van der Waals surface area contributed by atoms with Crippen LogP contribution in [-0.2, 0) is 13.1 Å². The number of hydrogen-bond acceptors (Lipinski definition) is 3. The number of imidazole rings is 1. The molecule has 0 amide bonds. The Morgan fingerprint density at radius 2 is 1.90 bits per heavy atom. The molecule has 1 aromatic heterocycles. The maximum absolute atomic E-state index is 5.99. The lowest BCUT2D eigenvalue weighted by molar-refractivity contribution is 0.223. The first-order valence-corrected chi connectivity index (χ1v) is 10.4. The highest BCUT2D eigenvalue weighted by Gasteiger charge is 2.06. The molecule has 3 aromatic rings. The number of guanidine groups is 1. The van der Waals surface area contributed by atoms with E-state index in [1.165, 1.54) is 16.7 Å². The van der Waals surface area contributed by atoms with Crippen molar-refractivity contribution in [3.8, 4) is 5.75 Å². The summed E-state index contributed by atoms with van der Waals surface area (Å²) in [5.41, 5.74) is 3.61. The number of benzene rings is 2. The second-order valence-electron chi connectivity index (χ2n) is 7.37. The van der Waals surface area contributed by atoms with Gasteiger partial charge in [0.15, 0.2) is 5.96 Å². The second kappa shape index (κ2) is 13.0. The molecule has 0 aliphatic rings. The second-order valence-corrected chi connectivity index (χ2v) is 7.37. The smallest absolute Gasteiger partial charge is 0.191 e. The maximum Gasteiger partial charge on any atom is 0.191 e. The van der Waals surface area contributed by atoms with Crippen molar-refractivity contribution in [3.05, 3.63) is 83.9 Å². The molecule has 0 saturated heterocycles. The van der Waals surface area contributed by atoms with E-state index in [9.17, 15) is 0 Å². The van der Waals surface area contributed by atoms with Crippen molar-refractivity contribution < 1.29 is 4.74 Å². The van der Waals surface area contributed by atoms with Gasteiger partial charge < -0.3 is 19.9 Å². The Labute approximate surface area is 202 Å². The first-order chi connectivity index (χ1) is 14.6. The summed E-state index contributed by atoms with van der Waals surface area (Å²) in [5.74, 6) is 1.68. The molecule has 2 aromatic carbocycles. The number of aromatic nitrogens is 2. The molecular weight excluding hydrogens is 501 g/mol. The largest absolute Gasteiger partial charge is 0.489 e. The van der Waals surface area contributed by atoms with Crippen LogP contribution in [0.1, 0.15) is 30.5 Å². The van der Waals surface area contributed by atoms with Crippen LogP contribution in [0.5, 0.6) is 5.75 Å². The van der Waals surface area contributed by atoms with Gasteiger partial charge >= 0.3 is 0 Å². The Morgan fingerprint density at radius 1 is 1.13 bits per heavy atom. The molecule has 6 nitrogen and oxygen atoms in total. The van der Waals surface area contributed by atoms with Gasteiger partial charge in [0.1, 0.15) is 11.9 Å². The van der Waals surface area contributed by atoms with Gasteiger partial charge in [-0.05, 0) is 49.6 Å². The van der Waals surface area contributed by atoms with E-state index < -0.39 is 0 Å². The zero-order valence-electron chi connectivity index (χ0n) is 18.4. The number of aryl methyl sites for hydroxylation is 1. The first-order valence-electron chi connectivity index (χ1n) is 10.4. The topological polar surface area (TPSA) is 63.5 Å². The summed E-state index contributed by atoms with van der Waals surface area (Å²) in [5, 5.41) is 6.67. The summed E-state index contributed by atoms with van der Waals surface area (Å²) in [6.07, 6.45) is 5.62. The summed E-state index contributed by atoms with van der Waals surface area (Å²) in [7, 11) is 0. The van der Waals surface area contributed by atoms with Crippen molar-refractivity contribution in [2.75, 3.05) is 13.1 Å². The third-order valence-electron chi connectivity index (χ3n) is 4.60. The standard InChI is InChI=1S/C24H31N5O.HI/c1-4-26-24(27-15-20(3)30-23-7-5-6-19(2)14-23)28-16-21-8-10-22(11-9-21)17-29-13-12-25-18-29;/h5-14,18,20H,4,15-17H2,1-3H3,(H2,26,27,28);1H. The highest BCUT2D eigenvalue weighted by atomic mass is 127. The number of ether oxygens (including phenoxy) is 1. The first kappa shape index (κ1) is 24.7. The molecule has 0 spiro atoms. The lowest BCUT2D eigenvalue weighted by Crippen LogP contribution is -2.41. The van der Waals surface area contributed by atoms with E-state index in [0.29, 0.717) is 13.1 Å². The minimum Gasteiger partial charge on any atom is -0.489 e. The van der Waals surface area contributed by atoms with Crippen LogP contribution in [0.25, 0.3) is 0 Å². The molecule has 166 valence electrons. The summed E-state index contributed by atoms with van der Waals surface area (Å²) < 4.78 is 8.05. The number of aliphatic imine (C=N–C) groups is 1. The molecule has 1 unspecified atom stereocenters. The highest BCUT2D eigenvalue weighted by molar-refractivity contribution is 14.0. The summed E-state index contributed by atoms with van der Waals surface area (Å²) in [4.78, 5) is 8.79. The Balaban J connectivity index is 0.00000341. The van der Waals surface area contributed by atoms with Crippen LogP contribution < -0.4 is 15.4 Å². The molecule has 31 heavy (non-hydrogen) atoms. The average molecular weight is 533 g/mol. The lowest BCUT2D eigenvalue weighted by Gasteiger charge is -2.18. The fourth-order valence-corrected chi connectivity index (χ4v) is 3.06. The fraction of sp³-hybridized carbons (Fsp3) is 0.333. The SMILES string of the molecule is CCNC(=NCc1ccc(Cn2ccnc2)cc1)NCC(C)Oc1cccc(C)c1.I. The van der Waals surface area contributed by atoms with Crippen LogP contribution in [0.2, 0.25) is 0 Å². The van der Waals surface area contributed by atoms with E-state index >= 15 is 0 Å². The van der Waals surface area contributed by atoms with Crippen LogP contribution in [0.3, 0.4) is 0 Å². The number of halogens is 1. The fourth-order valence-electron chi connectivity index (χ4n) is 3.06. The predicted molar refractivity (Wildman–Crippen MR) is 137 cm³/mol. The minimum atomic E-state index is 0. The van der Waals surface area contributed by atoms with Gasteiger partial charge in [0.25, 0.3) is 0 Å². The van der Waals surface area contributed by atoms with Gasteiger partial charge in [-0.1, -0.05) is 36.4 Å². The highest BCUT2D eigenvalue weighted by Crippen LogP contribution is 2.14. The van der Waals surface area contributed by atoms with Gasteiger partial charge in [-0.15, -0.1) is 24.0 Å². The van der Waals surface area contributed by atoms with E-state index in [0.717, 1.165) is 24.8 Å². The molecule has 0 radical (unpaired) electrons. The molecule has 0 fully saturated rings. The van der Waals surface area contributed by atoms with E-state index in [4.69, 9.17) is 9.73 Å². The summed E-state index contributed by atoms with van der Waals surface area (Å²) >= 11 is 0. The molecule has 7 heteroatoms. The van der Waals surface area contributed by atoms with Crippen molar-refractivity contribution in [1.82, 2.24) is 20.2 Å². The quantitative estimate of drug-likeness (QED) is 0.244. The monoisotopic (exact) mass is 533 g/mol. The van der Waals surface area contributed by atoms with Gasteiger partial charge in [-0.25, -0.2) is 9.98 Å². The van der Waals surface area contributed by atoms with Crippen molar-refractivity contribution in [2.24, 2.45) is 4.99 Å². The van der Waals surface area contributed by atoms with Crippen LogP contribution in [0, 0.1) is 6.92 Å². The van der Waals surface area contributed by atoms with Crippen LogP contribution in [-0.4, -0.2) is 34.7 Å². The van der Waals surface area contributed by atoms with E-state index in [1.807, 2.05) is 30.7 Å². The molecule has 2 N–H and O–H groups in total. The van der Waals surface area contributed by atoms with Gasteiger partial charge in [0, 0.05) is 25.5 Å². The van der Waals surface area contributed by atoms with Crippen LogP contribution in [0.15, 0.2) is 72.2 Å². The maximum atomic E-state index is 5.99. The average Bonchev–Trinajstić information content (AvgIpc) is 3.24. The Morgan fingerprint density at radius 3 is 2.58 bits per heavy atom. The number of nitrogens with zero attached hydrogens (tertiary/aromatic N) is 3. The Kier molecular flexibility index (Phi) is 10.4. The van der Waals surface area contributed by atoms with Crippen molar-refractivity contribution in [3.63, 3.8) is 0 Å². The number of hydrogen-bond donors (Lipinski definition) is 2. The van der Waals surface area contributed by atoms with Crippen molar-refractivity contribution >= 4 is 29.9 Å². The van der Waals surface area contributed by atoms with Crippen LogP contribution in [0.4, 0.5) is 0 Å². The number of rotatable bonds is 9. The third-order valence-corrected chi connectivity index (χ3v) is 4.60. The molecule has 0 bridgehead atoms. The van der Waals surface area contributed by atoms with Gasteiger partial charge in [-0.2, -0.15) is 0 Å². The molecule has 1 atom stereocenters. The van der Waals surface area contributed by atoms with E-state index in [1.54, 1.807) is 6.20 Å². The normalized spacial score (nSPS) is 12.0. The van der Waals surface area contributed by atoms with Crippen LogP contribution >= 0.6 is 24.0 Å².